The van der Waals surface area contributed by atoms with Crippen LogP contribution in [0.1, 0.15) is 5.56 Å². The molecule has 0 radical (unpaired) electrons. The van der Waals surface area contributed by atoms with Crippen molar-refractivity contribution in [2.45, 2.75) is 0 Å². The van der Waals surface area contributed by atoms with E-state index in [1.165, 1.54) is 25.5 Å². The third-order valence-electron chi connectivity index (χ3n) is 1.87. The Morgan fingerprint density at radius 2 is 2.29 bits per heavy atom. The first-order chi connectivity index (χ1) is 8.19. The Kier molecular flexibility index (Phi) is 4.39. The largest absolute Gasteiger partial charge is 0.399 e. The molecule has 0 spiro atoms. The highest BCUT2D eigenvalue weighted by molar-refractivity contribution is 5.90. The van der Waals surface area contributed by atoms with Gasteiger partial charge in [0.2, 0.25) is 0 Å². The number of nitro benzene ring substituents is 1. The molecule has 6 nitrogen and oxygen atoms in total. The summed E-state index contributed by atoms with van der Waals surface area (Å²) in [7, 11) is 1.34. The second kappa shape index (κ2) is 6.02. The van der Waals surface area contributed by atoms with Crippen LogP contribution in [0.4, 0.5) is 5.69 Å². The van der Waals surface area contributed by atoms with Crippen molar-refractivity contribution in [1.29, 1.82) is 5.26 Å². The molecule has 0 aliphatic heterocycles. The number of nitrogens with zero attached hydrogens (tertiary/aromatic N) is 3. The lowest BCUT2D eigenvalue weighted by molar-refractivity contribution is -0.385. The van der Waals surface area contributed by atoms with Crippen LogP contribution in [0.5, 0.6) is 0 Å². The van der Waals surface area contributed by atoms with Crippen molar-refractivity contribution < 1.29 is 9.76 Å². The summed E-state index contributed by atoms with van der Waals surface area (Å²) in [5.41, 5.74) is 0.448. The lowest BCUT2D eigenvalue weighted by Crippen LogP contribution is -1.92. The van der Waals surface area contributed by atoms with E-state index in [-0.39, 0.29) is 11.3 Å². The summed E-state index contributed by atoms with van der Waals surface area (Å²) in [4.78, 5) is 14.7. The lowest BCUT2D eigenvalue weighted by atomic mass is 10.1. The molecule has 86 valence electrons. The van der Waals surface area contributed by atoms with Crippen LogP contribution in [0.2, 0.25) is 0 Å². The van der Waals surface area contributed by atoms with Crippen LogP contribution < -0.4 is 0 Å². The number of hydrogen-bond acceptors (Lipinski definition) is 5. The van der Waals surface area contributed by atoms with E-state index in [1.807, 2.05) is 6.07 Å². The standard InChI is InChI=1S/C11H9N3O3/c1-17-13-8-9(7-12)6-10-4-2-3-5-11(10)14(15)16/h2-6,8H,1H3/b9-6+,13-8-. The molecule has 0 N–H and O–H groups in total. The molecule has 1 aromatic carbocycles. The number of oxime groups is 1. The third-order valence-corrected chi connectivity index (χ3v) is 1.87. The quantitative estimate of drug-likeness (QED) is 0.343. The van der Waals surface area contributed by atoms with E-state index in [0.29, 0.717) is 5.56 Å². The predicted octanol–water partition coefficient (Wildman–Crippen LogP) is 2.13. The van der Waals surface area contributed by atoms with Crippen LogP contribution in [0, 0.1) is 21.4 Å². The van der Waals surface area contributed by atoms with Crippen molar-refractivity contribution in [2.24, 2.45) is 5.16 Å². The fourth-order valence-corrected chi connectivity index (χ4v) is 1.15. The Balaban J connectivity index is 3.17. The summed E-state index contributed by atoms with van der Waals surface area (Å²) in [6.45, 7) is 0. The zero-order valence-electron chi connectivity index (χ0n) is 9.03. The SMILES string of the molecule is CO/N=C\C(C#N)=C\c1ccccc1[N+](=O)[O-]. The predicted molar refractivity (Wildman–Crippen MR) is 62.2 cm³/mol. The van der Waals surface area contributed by atoms with Crippen molar-refractivity contribution in [3.8, 4) is 6.07 Å². The van der Waals surface area contributed by atoms with Gasteiger partial charge in [-0.25, -0.2) is 0 Å². The molecule has 0 amide bonds. The van der Waals surface area contributed by atoms with Crippen molar-refractivity contribution in [1.82, 2.24) is 0 Å². The first-order valence-corrected chi connectivity index (χ1v) is 4.60. The molecule has 17 heavy (non-hydrogen) atoms. The fourth-order valence-electron chi connectivity index (χ4n) is 1.15. The van der Waals surface area contributed by atoms with Gasteiger partial charge >= 0.3 is 0 Å². The van der Waals surface area contributed by atoms with Gasteiger partial charge in [-0.3, -0.25) is 10.1 Å². The second-order valence-corrected chi connectivity index (χ2v) is 2.94. The highest BCUT2D eigenvalue weighted by Gasteiger charge is 2.10. The van der Waals surface area contributed by atoms with Gasteiger partial charge in [-0.2, -0.15) is 5.26 Å². The van der Waals surface area contributed by atoms with Crippen LogP contribution in [0.15, 0.2) is 35.0 Å². The molecule has 0 aliphatic rings. The van der Waals surface area contributed by atoms with Crippen molar-refractivity contribution in [3.63, 3.8) is 0 Å². The van der Waals surface area contributed by atoms with Gasteiger partial charge < -0.3 is 4.84 Å². The molecule has 0 saturated carbocycles. The molecular formula is C11H9N3O3. The summed E-state index contributed by atoms with van der Waals surface area (Å²) in [5.74, 6) is 0. The van der Waals surface area contributed by atoms with E-state index in [2.05, 4.69) is 9.99 Å². The Labute approximate surface area is 97.6 Å². The van der Waals surface area contributed by atoms with Crippen molar-refractivity contribution >= 4 is 18.0 Å². The van der Waals surface area contributed by atoms with E-state index < -0.39 is 4.92 Å². The number of nitro groups is 1. The Bertz CT molecular complexity index is 515. The topological polar surface area (TPSA) is 88.5 Å². The summed E-state index contributed by atoms with van der Waals surface area (Å²) in [6, 6.07) is 8.00. The van der Waals surface area contributed by atoms with E-state index in [9.17, 15) is 10.1 Å². The monoisotopic (exact) mass is 231 g/mol. The molecule has 0 unspecified atom stereocenters. The summed E-state index contributed by atoms with van der Waals surface area (Å²) in [6.07, 6.45) is 2.57. The van der Waals surface area contributed by atoms with Gasteiger partial charge in [0.1, 0.15) is 13.2 Å². The molecule has 1 aromatic rings. The zero-order valence-corrected chi connectivity index (χ0v) is 9.03. The Morgan fingerprint density at radius 3 is 2.88 bits per heavy atom. The van der Waals surface area contributed by atoms with Gasteiger partial charge in [0, 0.05) is 6.07 Å². The maximum absolute atomic E-state index is 10.7. The number of benzene rings is 1. The summed E-state index contributed by atoms with van der Waals surface area (Å²) < 4.78 is 0. The smallest absolute Gasteiger partial charge is 0.276 e. The zero-order chi connectivity index (χ0) is 12.7. The first kappa shape index (κ1) is 12.4. The molecule has 6 heteroatoms. The minimum atomic E-state index is -0.506. The first-order valence-electron chi connectivity index (χ1n) is 4.60. The molecule has 0 fully saturated rings. The highest BCUT2D eigenvalue weighted by Crippen LogP contribution is 2.20. The lowest BCUT2D eigenvalue weighted by Gasteiger charge is -1.96. The maximum atomic E-state index is 10.7. The average molecular weight is 231 g/mol. The number of rotatable bonds is 4. The molecule has 0 aromatic heterocycles. The number of hydrogen-bond donors (Lipinski definition) is 0. The average Bonchev–Trinajstić information content (AvgIpc) is 2.34. The van der Waals surface area contributed by atoms with E-state index >= 15 is 0 Å². The minimum absolute atomic E-state index is 0.0638. The van der Waals surface area contributed by atoms with Crippen LogP contribution in [-0.2, 0) is 4.84 Å². The van der Waals surface area contributed by atoms with Gasteiger partial charge in [-0.1, -0.05) is 17.3 Å². The van der Waals surface area contributed by atoms with Crippen LogP contribution in [-0.4, -0.2) is 18.2 Å². The van der Waals surface area contributed by atoms with Gasteiger partial charge in [-0.05, 0) is 12.1 Å². The van der Waals surface area contributed by atoms with Crippen molar-refractivity contribution in [2.75, 3.05) is 7.11 Å². The van der Waals surface area contributed by atoms with E-state index in [0.717, 1.165) is 0 Å². The Morgan fingerprint density at radius 1 is 1.59 bits per heavy atom. The number of para-hydroxylation sites is 1. The van der Waals surface area contributed by atoms with Gasteiger partial charge in [0.15, 0.2) is 0 Å². The molecule has 0 aliphatic carbocycles. The highest BCUT2D eigenvalue weighted by atomic mass is 16.6. The maximum Gasteiger partial charge on any atom is 0.276 e. The molecule has 1 rings (SSSR count). The molecule has 0 atom stereocenters. The Hall–Kier alpha value is -2.68. The van der Waals surface area contributed by atoms with Crippen LogP contribution in [0.25, 0.3) is 6.08 Å². The number of nitriles is 1. The normalized spacial score (nSPS) is 11.2. The van der Waals surface area contributed by atoms with Gasteiger partial charge in [0.05, 0.1) is 22.3 Å². The van der Waals surface area contributed by atoms with Gasteiger partial charge in [0.25, 0.3) is 5.69 Å². The number of allylic oxidation sites excluding steroid dienone is 1. The molecular weight excluding hydrogens is 222 g/mol. The second-order valence-electron chi connectivity index (χ2n) is 2.94. The van der Waals surface area contributed by atoms with Crippen LogP contribution in [0.3, 0.4) is 0 Å². The summed E-state index contributed by atoms with van der Waals surface area (Å²) >= 11 is 0. The molecule has 0 saturated heterocycles. The minimum Gasteiger partial charge on any atom is -0.399 e. The molecule has 0 heterocycles. The van der Waals surface area contributed by atoms with E-state index in [4.69, 9.17) is 5.26 Å². The fraction of sp³-hybridized carbons (Fsp3) is 0.0909. The van der Waals surface area contributed by atoms with E-state index in [1.54, 1.807) is 18.2 Å². The van der Waals surface area contributed by atoms with Gasteiger partial charge in [-0.15, -0.1) is 0 Å². The summed E-state index contributed by atoms with van der Waals surface area (Å²) in [5, 5.41) is 23.0. The van der Waals surface area contributed by atoms with Crippen molar-refractivity contribution in [3.05, 3.63) is 45.5 Å². The van der Waals surface area contributed by atoms with Crippen LogP contribution >= 0.6 is 0 Å². The third kappa shape index (κ3) is 3.43. The molecule has 0 bridgehead atoms.